The van der Waals surface area contributed by atoms with Crippen LogP contribution < -0.4 is 5.32 Å². The molecule has 2 aromatic heterocycles. The number of esters is 1. The van der Waals surface area contributed by atoms with Gasteiger partial charge in [-0.3, -0.25) is 9.78 Å². The third-order valence-corrected chi connectivity index (χ3v) is 3.14. The lowest BCUT2D eigenvalue weighted by Crippen LogP contribution is -2.22. The molecule has 0 fully saturated rings. The maximum Gasteiger partial charge on any atom is 0.359 e. The molecule has 9 heteroatoms. The number of hydrogen-bond donors (Lipinski definition) is 1. The second-order valence-electron chi connectivity index (χ2n) is 4.10. The number of carbonyl (C=O) groups is 2. The number of aromatic nitrogens is 3. The van der Waals surface area contributed by atoms with Crippen LogP contribution in [0.2, 0.25) is 10.0 Å². The van der Waals surface area contributed by atoms with Crippen LogP contribution in [0.3, 0.4) is 0 Å². The number of carbonyl (C=O) groups excluding carboxylic acids is 2. The number of pyridine rings is 1. The van der Waals surface area contributed by atoms with Gasteiger partial charge in [0, 0.05) is 12.4 Å². The Bertz CT molecular complexity index is 710. The smallest absolute Gasteiger partial charge is 0.359 e. The van der Waals surface area contributed by atoms with Crippen LogP contribution in [0.1, 0.15) is 16.2 Å². The van der Waals surface area contributed by atoms with Crippen molar-refractivity contribution in [2.75, 3.05) is 11.9 Å². The number of amides is 1. The molecule has 0 radical (unpaired) electrons. The zero-order valence-corrected chi connectivity index (χ0v) is 12.9. The summed E-state index contributed by atoms with van der Waals surface area (Å²) in [5, 5.41) is 3.00. The topological polar surface area (TPSA) is 94.1 Å². The van der Waals surface area contributed by atoms with E-state index in [2.05, 4.69) is 20.3 Å². The number of nitrogens with one attached hydrogen (secondary N) is 1. The van der Waals surface area contributed by atoms with E-state index < -0.39 is 18.5 Å². The summed E-state index contributed by atoms with van der Waals surface area (Å²) >= 11 is 11.8. The van der Waals surface area contributed by atoms with Crippen LogP contribution in [0.25, 0.3) is 0 Å². The Labute approximate surface area is 135 Å². The van der Waals surface area contributed by atoms with E-state index in [1.54, 1.807) is 6.92 Å². The summed E-state index contributed by atoms with van der Waals surface area (Å²) in [4.78, 5) is 34.9. The van der Waals surface area contributed by atoms with Crippen molar-refractivity contribution >= 4 is 40.9 Å². The molecule has 22 heavy (non-hydrogen) atoms. The van der Waals surface area contributed by atoms with E-state index in [0.717, 1.165) is 0 Å². The summed E-state index contributed by atoms with van der Waals surface area (Å²) in [5.74, 6) is -1.20. The average Bonchev–Trinajstić information content (AvgIpc) is 2.51. The van der Waals surface area contributed by atoms with Crippen molar-refractivity contribution < 1.29 is 14.3 Å². The zero-order valence-electron chi connectivity index (χ0n) is 11.3. The molecule has 2 aromatic rings. The summed E-state index contributed by atoms with van der Waals surface area (Å²) in [6.45, 7) is 1.16. The van der Waals surface area contributed by atoms with Gasteiger partial charge in [-0.1, -0.05) is 23.2 Å². The predicted octanol–water partition coefficient (Wildman–Crippen LogP) is 2.28. The molecule has 0 atom stereocenters. The molecule has 0 aliphatic rings. The van der Waals surface area contributed by atoms with Crippen molar-refractivity contribution in [1.29, 1.82) is 0 Å². The molecule has 1 amide bonds. The first kappa shape index (κ1) is 16.1. The molecule has 0 aliphatic heterocycles. The molecule has 7 nitrogen and oxygen atoms in total. The van der Waals surface area contributed by atoms with E-state index in [-0.39, 0.29) is 16.5 Å². The van der Waals surface area contributed by atoms with Crippen LogP contribution >= 0.6 is 23.2 Å². The highest BCUT2D eigenvalue weighted by Crippen LogP contribution is 2.25. The van der Waals surface area contributed by atoms with Crippen LogP contribution in [0.15, 0.2) is 24.7 Å². The number of nitrogens with zero attached hydrogens (tertiary/aromatic N) is 3. The molecule has 0 aromatic carbocycles. The molecule has 114 valence electrons. The normalized spacial score (nSPS) is 10.1. The molecule has 0 spiro atoms. The van der Waals surface area contributed by atoms with E-state index in [0.29, 0.717) is 10.7 Å². The summed E-state index contributed by atoms with van der Waals surface area (Å²) in [7, 11) is 0. The fraction of sp³-hybridized carbons (Fsp3) is 0.154. The number of ether oxygens (including phenoxy) is 1. The van der Waals surface area contributed by atoms with Crippen molar-refractivity contribution in [2.24, 2.45) is 0 Å². The lowest BCUT2D eigenvalue weighted by Gasteiger charge is -2.08. The maximum atomic E-state index is 11.7. The van der Waals surface area contributed by atoms with Gasteiger partial charge in [-0.15, -0.1) is 0 Å². The third-order valence-electron chi connectivity index (χ3n) is 2.47. The van der Waals surface area contributed by atoms with Gasteiger partial charge in [-0.2, -0.15) is 0 Å². The average molecular weight is 341 g/mol. The maximum absolute atomic E-state index is 11.7. The highest BCUT2D eigenvalue weighted by molar-refractivity contribution is 6.36. The first-order valence-electron chi connectivity index (χ1n) is 6.03. The van der Waals surface area contributed by atoms with E-state index in [1.807, 2.05) is 0 Å². The van der Waals surface area contributed by atoms with Crippen LogP contribution in [-0.4, -0.2) is 33.4 Å². The summed E-state index contributed by atoms with van der Waals surface area (Å²) in [6.07, 6.45) is 4.00. The van der Waals surface area contributed by atoms with E-state index in [1.165, 1.54) is 24.7 Å². The lowest BCUT2D eigenvalue weighted by atomic mass is 10.3. The fourth-order valence-corrected chi connectivity index (χ4v) is 1.83. The number of aryl methyl sites for hydroxylation is 1. The minimum atomic E-state index is -0.755. The van der Waals surface area contributed by atoms with Crippen molar-refractivity contribution in [1.82, 2.24) is 15.0 Å². The van der Waals surface area contributed by atoms with Gasteiger partial charge in [0.2, 0.25) is 0 Å². The van der Waals surface area contributed by atoms with Gasteiger partial charge < -0.3 is 10.1 Å². The second-order valence-corrected chi connectivity index (χ2v) is 4.92. The Balaban J connectivity index is 1.94. The van der Waals surface area contributed by atoms with Crippen molar-refractivity contribution in [3.63, 3.8) is 0 Å². The van der Waals surface area contributed by atoms with Crippen LogP contribution in [0, 0.1) is 6.92 Å². The summed E-state index contributed by atoms with van der Waals surface area (Å²) < 4.78 is 4.81. The van der Waals surface area contributed by atoms with Crippen LogP contribution in [0.5, 0.6) is 0 Å². The Morgan fingerprint density at radius 1 is 1.27 bits per heavy atom. The number of anilines is 1. The van der Waals surface area contributed by atoms with E-state index >= 15 is 0 Å². The van der Waals surface area contributed by atoms with Gasteiger partial charge in [-0.25, -0.2) is 14.8 Å². The molecule has 0 saturated carbocycles. The standard InChI is InChI=1S/C13H10Cl2N4O3/c1-7-8(14)4-9(15)12(18-7)19-11(20)6-22-13(21)10-5-16-2-3-17-10/h2-5H,6H2,1H3,(H,18,19,20). The second kappa shape index (κ2) is 7.15. The zero-order chi connectivity index (χ0) is 16.1. The quantitative estimate of drug-likeness (QED) is 0.858. The van der Waals surface area contributed by atoms with Gasteiger partial charge >= 0.3 is 5.97 Å². The van der Waals surface area contributed by atoms with E-state index in [4.69, 9.17) is 27.9 Å². The van der Waals surface area contributed by atoms with E-state index in [9.17, 15) is 9.59 Å². The van der Waals surface area contributed by atoms with Gasteiger partial charge in [0.15, 0.2) is 18.1 Å². The fourth-order valence-electron chi connectivity index (χ4n) is 1.42. The molecule has 0 saturated heterocycles. The monoisotopic (exact) mass is 340 g/mol. The molecule has 0 bridgehead atoms. The number of halogens is 2. The largest absolute Gasteiger partial charge is 0.451 e. The highest BCUT2D eigenvalue weighted by Gasteiger charge is 2.14. The Kier molecular flexibility index (Phi) is 5.24. The minimum absolute atomic E-state index is 0.00814. The Hall–Kier alpha value is -2.25. The molecule has 2 heterocycles. The van der Waals surface area contributed by atoms with Gasteiger partial charge in [-0.05, 0) is 13.0 Å². The third kappa shape index (κ3) is 4.12. The predicted molar refractivity (Wildman–Crippen MR) is 79.9 cm³/mol. The lowest BCUT2D eigenvalue weighted by molar-refractivity contribution is -0.119. The van der Waals surface area contributed by atoms with Crippen LogP contribution in [0.4, 0.5) is 5.82 Å². The first-order valence-corrected chi connectivity index (χ1v) is 6.78. The van der Waals surface area contributed by atoms with Crippen molar-refractivity contribution in [2.45, 2.75) is 6.92 Å². The van der Waals surface area contributed by atoms with Crippen LogP contribution in [-0.2, 0) is 9.53 Å². The molecule has 0 unspecified atom stereocenters. The minimum Gasteiger partial charge on any atom is -0.451 e. The van der Waals surface area contributed by atoms with Gasteiger partial charge in [0.05, 0.1) is 21.9 Å². The molecule has 1 N–H and O–H groups in total. The SMILES string of the molecule is Cc1nc(NC(=O)COC(=O)c2cnccn2)c(Cl)cc1Cl. The van der Waals surface area contributed by atoms with Gasteiger partial charge in [0.25, 0.3) is 5.91 Å². The molecule has 2 rings (SSSR count). The Morgan fingerprint density at radius 3 is 2.73 bits per heavy atom. The van der Waals surface area contributed by atoms with Crippen molar-refractivity contribution in [3.8, 4) is 0 Å². The molecular weight excluding hydrogens is 331 g/mol. The summed E-state index contributed by atoms with van der Waals surface area (Å²) in [6, 6.07) is 1.46. The first-order chi connectivity index (χ1) is 10.5. The number of rotatable bonds is 4. The van der Waals surface area contributed by atoms with Crippen molar-refractivity contribution in [3.05, 3.63) is 46.1 Å². The molecular formula is C13H10Cl2N4O3. The highest BCUT2D eigenvalue weighted by atomic mass is 35.5. The summed E-state index contributed by atoms with van der Waals surface area (Å²) in [5.41, 5.74) is 0.520. The number of hydrogen-bond acceptors (Lipinski definition) is 6. The Morgan fingerprint density at radius 2 is 2.05 bits per heavy atom. The van der Waals surface area contributed by atoms with Gasteiger partial charge in [0.1, 0.15) is 0 Å². The molecule has 0 aliphatic carbocycles.